The number of ketones is 1. The van der Waals surface area contributed by atoms with E-state index >= 15 is 0 Å². The first-order valence-electron chi connectivity index (χ1n) is 5.67. The Balaban J connectivity index is 2.88. The SMILES string of the molecule is CC(=O)c1c(C)[nH]c(C(=O)NCCCN)c1C. The maximum atomic E-state index is 11.8. The maximum Gasteiger partial charge on any atom is 0.268 e. The molecule has 94 valence electrons. The zero-order chi connectivity index (χ0) is 13.0. The molecule has 0 saturated heterocycles. The minimum absolute atomic E-state index is 0.0303. The van der Waals surface area contributed by atoms with Gasteiger partial charge in [-0.2, -0.15) is 0 Å². The van der Waals surface area contributed by atoms with Gasteiger partial charge in [-0.3, -0.25) is 9.59 Å². The molecule has 0 aromatic carbocycles. The first-order chi connectivity index (χ1) is 7.99. The number of rotatable bonds is 5. The summed E-state index contributed by atoms with van der Waals surface area (Å²) in [6.45, 7) is 6.15. The number of H-pyrrole nitrogens is 1. The third-order valence-corrected chi connectivity index (χ3v) is 2.68. The second-order valence-electron chi connectivity index (χ2n) is 4.08. The molecule has 0 fully saturated rings. The van der Waals surface area contributed by atoms with Crippen LogP contribution < -0.4 is 11.1 Å². The van der Waals surface area contributed by atoms with Crippen LogP contribution in [0.15, 0.2) is 0 Å². The van der Waals surface area contributed by atoms with Crippen LogP contribution in [0.4, 0.5) is 0 Å². The van der Waals surface area contributed by atoms with Gasteiger partial charge in [-0.15, -0.1) is 0 Å². The normalized spacial score (nSPS) is 10.4. The summed E-state index contributed by atoms with van der Waals surface area (Å²) < 4.78 is 0. The lowest BCUT2D eigenvalue weighted by Gasteiger charge is -2.03. The van der Waals surface area contributed by atoms with E-state index in [4.69, 9.17) is 5.73 Å². The smallest absolute Gasteiger partial charge is 0.268 e. The Morgan fingerprint density at radius 2 is 2.00 bits per heavy atom. The molecule has 1 aromatic heterocycles. The van der Waals surface area contributed by atoms with Crippen LogP contribution >= 0.6 is 0 Å². The zero-order valence-electron chi connectivity index (χ0n) is 10.5. The summed E-state index contributed by atoms with van der Waals surface area (Å²) in [5, 5.41) is 2.76. The van der Waals surface area contributed by atoms with Crippen LogP contribution in [0.1, 0.15) is 45.4 Å². The van der Waals surface area contributed by atoms with Crippen molar-refractivity contribution in [2.75, 3.05) is 13.1 Å². The molecule has 5 heteroatoms. The summed E-state index contributed by atoms with van der Waals surface area (Å²) >= 11 is 0. The van der Waals surface area contributed by atoms with Gasteiger partial charge < -0.3 is 16.0 Å². The van der Waals surface area contributed by atoms with Gasteiger partial charge in [0, 0.05) is 17.8 Å². The molecule has 0 aliphatic heterocycles. The molecule has 0 aliphatic carbocycles. The number of nitrogens with one attached hydrogen (secondary N) is 2. The van der Waals surface area contributed by atoms with E-state index in [0.29, 0.717) is 29.9 Å². The fraction of sp³-hybridized carbons (Fsp3) is 0.500. The molecule has 0 atom stereocenters. The van der Waals surface area contributed by atoms with Crippen LogP contribution in [0.25, 0.3) is 0 Å². The molecule has 0 spiro atoms. The summed E-state index contributed by atoms with van der Waals surface area (Å²) in [4.78, 5) is 26.2. The Hall–Kier alpha value is -1.62. The number of Topliss-reactive ketones (excluding diaryl/α,β-unsaturated/α-hetero) is 1. The van der Waals surface area contributed by atoms with Crippen LogP contribution in [0.2, 0.25) is 0 Å². The van der Waals surface area contributed by atoms with Crippen LogP contribution in [-0.2, 0) is 0 Å². The third-order valence-electron chi connectivity index (χ3n) is 2.68. The summed E-state index contributed by atoms with van der Waals surface area (Å²) in [6.07, 6.45) is 0.740. The van der Waals surface area contributed by atoms with Crippen molar-refractivity contribution in [3.05, 3.63) is 22.5 Å². The highest BCUT2D eigenvalue weighted by molar-refractivity contribution is 6.02. The Kier molecular flexibility index (Phi) is 4.45. The standard InChI is InChI=1S/C12H19N3O2/c1-7-10(9(3)16)8(2)15-11(7)12(17)14-6-4-5-13/h15H,4-6,13H2,1-3H3,(H,14,17). The lowest BCUT2D eigenvalue weighted by molar-refractivity contribution is 0.0948. The number of carbonyl (C=O) groups excluding carboxylic acids is 2. The summed E-state index contributed by atoms with van der Waals surface area (Å²) in [7, 11) is 0. The van der Waals surface area contributed by atoms with Gasteiger partial charge in [0.25, 0.3) is 5.91 Å². The van der Waals surface area contributed by atoms with Crippen LogP contribution in [-0.4, -0.2) is 29.8 Å². The highest BCUT2D eigenvalue weighted by Gasteiger charge is 2.19. The fourth-order valence-electron chi connectivity index (χ4n) is 1.90. The largest absolute Gasteiger partial charge is 0.354 e. The van der Waals surface area contributed by atoms with Gasteiger partial charge in [0.1, 0.15) is 5.69 Å². The predicted octanol–water partition coefficient (Wildman–Crippen LogP) is 0.913. The van der Waals surface area contributed by atoms with Crippen LogP contribution in [0.3, 0.4) is 0 Å². The van der Waals surface area contributed by atoms with Crippen molar-refractivity contribution >= 4 is 11.7 Å². The van der Waals surface area contributed by atoms with Crippen molar-refractivity contribution in [2.24, 2.45) is 5.73 Å². The molecule has 1 heterocycles. The van der Waals surface area contributed by atoms with Crippen molar-refractivity contribution in [1.29, 1.82) is 0 Å². The van der Waals surface area contributed by atoms with Crippen molar-refractivity contribution in [1.82, 2.24) is 10.3 Å². The number of hydrogen-bond acceptors (Lipinski definition) is 3. The lowest BCUT2D eigenvalue weighted by Crippen LogP contribution is -2.26. The number of nitrogens with two attached hydrogens (primary N) is 1. The Morgan fingerprint density at radius 3 is 2.47 bits per heavy atom. The van der Waals surface area contributed by atoms with E-state index in [0.717, 1.165) is 12.1 Å². The number of amides is 1. The summed E-state index contributed by atoms with van der Waals surface area (Å²) in [5.74, 6) is -0.219. The van der Waals surface area contributed by atoms with E-state index in [9.17, 15) is 9.59 Å². The fourth-order valence-corrected chi connectivity index (χ4v) is 1.90. The second kappa shape index (κ2) is 5.63. The zero-order valence-corrected chi connectivity index (χ0v) is 10.5. The first-order valence-corrected chi connectivity index (χ1v) is 5.67. The molecule has 0 radical (unpaired) electrons. The predicted molar refractivity (Wildman–Crippen MR) is 66.3 cm³/mol. The van der Waals surface area contributed by atoms with Crippen molar-refractivity contribution < 1.29 is 9.59 Å². The van der Waals surface area contributed by atoms with Gasteiger partial charge in [0.15, 0.2) is 5.78 Å². The number of aromatic amines is 1. The van der Waals surface area contributed by atoms with E-state index < -0.39 is 0 Å². The third kappa shape index (κ3) is 2.94. The van der Waals surface area contributed by atoms with Crippen molar-refractivity contribution in [3.8, 4) is 0 Å². The lowest BCUT2D eigenvalue weighted by atomic mass is 10.1. The molecule has 17 heavy (non-hydrogen) atoms. The molecule has 5 nitrogen and oxygen atoms in total. The second-order valence-corrected chi connectivity index (χ2v) is 4.08. The average Bonchev–Trinajstić information content (AvgIpc) is 2.54. The molecular formula is C12H19N3O2. The molecule has 0 saturated carbocycles. The van der Waals surface area contributed by atoms with E-state index in [1.165, 1.54) is 6.92 Å². The minimum atomic E-state index is -0.188. The van der Waals surface area contributed by atoms with Crippen LogP contribution in [0.5, 0.6) is 0 Å². The van der Waals surface area contributed by atoms with Gasteiger partial charge in [-0.1, -0.05) is 0 Å². The molecular weight excluding hydrogens is 218 g/mol. The van der Waals surface area contributed by atoms with E-state index in [2.05, 4.69) is 10.3 Å². The van der Waals surface area contributed by atoms with Gasteiger partial charge in [0.05, 0.1) is 0 Å². The van der Waals surface area contributed by atoms with E-state index in [1.807, 2.05) is 0 Å². The van der Waals surface area contributed by atoms with Gasteiger partial charge in [-0.05, 0) is 39.3 Å². The first kappa shape index (κ1) is 13.4. The molecule has 4 N–H and O–H groups in total. The molecule has 0 unspecified atom stereocenters. The van der Waals surface area contributed by atoms with Gasteiger partial charge in [-0.25, -0.2) is 0 Å². The van der Waals surface area contributed by atoms with Crippen molar-refractivity contribution in [3.63, 3.8) is 0 Å². The minimum Gasteiger partial charge on any atom is -0.354 e. The molecule has 1 aromatic rings. The Bertz CT molecular complexity index is 435. The molecule has 0 aliphatic rings. The van der Waals surface area contributed by atoms with E-state index in [1.54, 1.807) is 13.8 Å². The van der Waals surface area contributed by atoms with Crippen LogP contribution in [0, 0.1) is 13.8 Å². The highest BCUT2D eigenvalue weighted by Crippen LogP contribution is 2.18. The quantitative estimate of drug-likeness (QED) is 0.525. The number of hydrogen-bond donors (Lipinski definition) is 3. The number of aromatic nitrogens is 1. The average molecular weight is 237 g/mol. The number of aryl methyl sites for hydroxylation is 1. The molecule has 1 rings (SSSR count). The topological polar surface area (TPSA) is 88.0 Å². The Morgan fingerprint density at radius 1 is 1.35 bits per heavy atom. The van der Waals surface area contributed by atoms with Gasteiger partial charge in [0.2, 0.25) is 0 Å². The van der Waals surface area contributed by atoms with Gasteiger partial charge >= 0.3 is 0 Å². The monoisotopic (exact) mass is 237 g/mol. The Labute approximate surface area is 101 Å². The number of carbonyl (C=O) groups is 2. The molecule has 1 amide bonds. The maximum absolute atomic E-state index is 11.8. The summed E-state index contributed by atoms with van der Waals surface area (Å²) in [5.41, 5.74) is 7.86. The molecule has 0 bridgehead atoms. The van der Waals surface area contributed by atoms with E-state index in [-0.39, 0.29) is 11.7 Å². The highest BCUT2D eigenvalue weighted by atomic mass is 16.2. The van der Waals surface area contributed by atoms with Crippen molar-refractivity contribution in [2.45, 2.75) is 27.2 Å². The summed E-state index contributed by atoms with van der Waals surface area (Å²) in [6, 6.07) is 0.